The van der Waals surface area contributed by atoms with Crippen LogP contribution in [0.25, 0.3) is 0 Å². The molecule has 2 heterocycles. The zero-order valence-corrected chi connectivity index (χ0v) is 13.9. The molecule has 23 heavy (non-hydrogen) atoms. The van der Waals surface area contributed by atoms with Crippen LogP contribution in [0, 0.1) is 5.92 Å². The Kier molecular flexibility index (Phi) is 4.46. The zero-order valence-electron chi connectivity index (χ0n) is 13.9. The number of nitrogens with two attached hydrogens (primary N) is 1. The van der Waals surface area contributed by atoms with Crippen LogP contribution in [0.2, 0.25) is 0 Å². The molecule has 0 bridgehead atoms. The first-order valence-electron chi connectivity index (χ1n) is 8.71. The maximum Gasteiger partial charge on any atom is 0.325 e. The highest BCUT2D eigenvalue weighted by molar-refractivity contribution is 6.07. The van der Waals surface area contributed by atoms with E-state index in [1.165, 1.54) is 11.3 Å². The lowest BCUT2D eigenvalue weighted by Gasteiger charge is -2.31. The standard InChI is InChI=1S/C16H27N5O2/c1-12-5-4-9-20(11-12)14(17)18-8-10-21-13(22)16(19-15(21)23)6-2-3-7-16/h12H,2-11H2,1H3,(H2,17,18)(H,19,23). The van der Waals surface area contributed by atoms with Crippen LogP contribution < -0.4 is 11.1 Å². The summed E-state index contributed by atoms with van der Waals surface area (Å²) in [6, 6.07) is -0.280. The van der Waals surface area contributed by atoms with Gasteiger partial charge in [-0.25, -0.2) is 4.79 Å². The number of hydrogen-bond donors (Lipinski definition) is 2. The highest BCUT2D eigenvalue weighted by Gasteiger charge is 2.52. The van der Waals surface area contributed by atoms with Gasteiger partial charge in [0.2, 0.25) is 0 Å². The van der Waals surface area contributed by atoms with Gasteiger partial charge in [-0.15, -0.1) is 0 Å². The highest BCUT2D eigenvalue weighted by atomic mass is 16.2. The normalized spacial score (nSPS) is 27.9. The number of guanidine groups is 1. The molecule has 1 saturated carbocycles. The number of nitrogens with zero attached hydrogens (tertiary/aromatic N) is 3. The highest BCUT2D eigenvalue weighted by Crippen LogP contribution is 2.34. The van der Waals surface area contributed by atoms with Crippen molar-refractivity contribution in [1.29, 1.82) is 0 Å². The number of nitrogens with one attached hydrogen (secondary N) is 1. The Hall–Kier alpha value is -1.79. The lowest BCUT2D eigenvalue weighted by Crippen LogP contribution is -2.44. The maximum absolute atomic E-state index is 12.5. The molecule has 3 aliphatic rings. The molecule has 1 atom stereocenters. The van der Waals surface area contributed by atoms with Gasteiger partial charge in [-0.05, 0) is 31.6 Å². The van der Waals surface area contributed by atoms with E-state index in [2.05, 4.69) is 22.1 Å². The fourth-order valence-corrected chi connectivity index (χ4v) is 3.96. The number of carbonyl (C=O) groups excluding carboxylic acids is 2. The van der Waals surface area contributed by atoms with Crippen molar-refractivity contribution in [2.24, 2.45) is 16.6 Å². The molecule has 3 N–H and O–H groups in total. The molecule has 1 spiro atoms. The molecule has 0 radical (unpaired) electrons. The lowest BCUT2D eigenvalue weighted by atomic mass is 9.98. The number of urea groups is 1. The summed E-state index contributed by atoms with van der Waals surface area (Å²) in [5.74, 6) is 1.07. The minimum Gasteiger partial charge on any atom is -0.370 e. The largest absolute Gasteiger partial charge is 0.370 e. The third-order valence-electron chi connectivity index (χ3n) is 5.28. The number of carbonyl (C=O) groups is 2. The second kappa shape index (κ2) is 6.37. The molecule has 7 nitrogen and oxygen atoms in total. The first kappa shape index (κ1) is 16.1. The van der Waals surface area contributed by atoms with Crippen molar-refractivity contribution in [3.05, 3.63) is 0 Å². The molecule has 1 unspecified atom stereocenters. The topological polar surface area (TPSA) is 91.0 Å². The van der Waals surface area contributed by atoms with E-state index in [9.17, 15) is 9.59 Å². The van der Waals surface area contributed by atoms with Crippen LogP contribution in [0.1, 0.15) is 45.4 Å². The predicted molar refractivity (Wildman–Crippen MR) is 87.9 cm³/mol. The molecule has 2 saturated heterocycles. The second-order valence-electron chi connectivity index (χ2n) is 7.11. The monoisotopic (exact) mass is 321 g/mol. The molecule has 0 aromatic rings. The lowest BCUT2D eigenvalue weighted by molar-refractivity contribution is -0.131. The van der Waals surface area contributed by atoms with Crippen molar-refractivity contribution >= 4 is 17.9 Å². The fourth-order valence-electron chi connectivity index (χ4n) is 3.96. The number of piperidine rings is 1. The van der Waals surface area contributed by atoms with Crippen LogP contribution in [-0.2, 0) is 4.79 Å². The molecular weight excluding hydrogens is 294 g/mol. The third-order valence-corrected chi connectivity index (χ3v) is 5.28. The molecule has 2 aliphatic heterocycles. The Labute approximate surface area is 137 Å². The van der Waals surface area contributed by atoms with Gasteiger partial charge in [0.15, 0.2) is 5.96 Å². The molecular formula is C16H27N5O2. The summed E-state index contributed by atoms with van der Waals surface area (Å²) in [6.45, 7) is 4.75. The Morgan fingerprint density at radius 1 is 1.35 bits per heavy atom. The number of aliphatic imine (C=N–C) groups is 1. The number of likely N-dealkylation sites (tertiary alicyclic amines) is 1. The molecule has 0 aromatic carbocycles. The summed E-state index contributed by atoms with van der Waals surface area (Å²) in [5, 5.41) is 2.88. The van der Waals surface area contributed by atoms with E-state index in [1.54, 1.807) is 0 Å². The second-order valence-corrected chi connectivity index (χ2v) is 7.11. The van der Waals surface area contributed by atoms with Crippen molar-refractivity contribution in [2.45, 2.75) is 51.0 Å². The fraction of sp³-hybridized carbons (Fsp3) is 0.812. The smallest absolute Gasteiger partial charge is 0.325 e. The van der Waals surface area contributed by atoms with Crippen LogP contribution in [0.4, 0.5) is 4.79 Å². The van der Waals surface area contributed by atoms with Gasteiger partial charge in [0, 0.05) is 13.1 Å². The number of rotatable bonds is 3. The first-order chi connectivity index (χ1) is 11.0. The van der Waals surface area contributed by atoms with Crippen LogP contribution in [0.15, 0.2) is 4.99 Å². The van der Waals surface area contributed by atoms with Crippen LogP contribution in [0.3, 0.4) is 0 Å². The Balaban J connectivity index is 1.54. The van der Waals surface area contributed by atoms with E-state index in [0.717, 1.165) is 45.2 Å². The Morgan fingerprint density at radius 3 is 2.78 bits per heavy atom. The van der Waals surface area contributed by atoms with Gasteiger partial charge in [-0.1, -0.05) is 19.8 Å². The van der Waals surface area contributed by atoms with Crippen molar-refractivity contribution < 1.29 is 9.59 Å². The van der Waals surface area contributed by atoms with Crippen molar-refractivity contribution in [1.82, 2.24) is 15.1 Å². The zero-order chi connectivity index (χ0) is 16.4. The van der Waals surface area contributed by atoms with Crippen LogP contribution >= 0.6 is 0 Å². The summed E-state index contributed by atoms with van der Waals surface area (Å²) in [7, 11) is 0. The quantitative estimate of drug-likeness (QED) is 0.459. The van der Waals surface area contributed by atoms with Crippen LogP contribution in [-0.4, -0.2) is 59.4 Å². The third kappa shape index (κ3) is 3.14. The van der Waals surface area contributed by atoms with Crippen molar-refractivity contribution in [3.8, 4) is 0 Å². The average molecular weight is 321 g/mol. The molecule has 3 amide bonds. The summed E-state index contributed by atoms with van der Waals surface area (Å²) in [4.78, 5) is 32.4. The van der Waals surface area contributed by atoms with E-state index in [4.69, 9.17) is 5.73 Å². The number of amides is 3. The maximum atomic E-state index is 12.5. The molecule has 3 fully saturated rings. The van der Waals surface area contributed by atoms with Gasteiger partial charge in [0.1, 0.15) is 5.54 Å². The number of imide groups is 1. The Morgan fingerprint density at radius 2 is 2.09 bits per heavy atom. The van der Waals surface area contributed by atoms with E-state index < -0.39 is 5.54 Å². The summed E-state index contributed by atoms with van der Waals surface area (Å²) in [5.41, 5.74) is 5.42. The van der Waals surface area contributed by atoms with Gasteiger partial charge in [-0.2, -0.15) is 0 Å². The molecule has 1 aliphatic carbocycles. The van der Waals surface area contributed by atoms with Crippen molar-refractivity contribution in [2.75, 3.05) is 26.2 Å². The van der Waals surface area contributed by atoms with E-state index >= 15 is 0 Å². The molecule has 0 aromatic heterocycles. The first-order valence-corrected chi connectivity index (χ1v) is 8.71. The van der Waals surface area contributed by atoms with E-state index in [-0.39, 0.29) is 11.9 Å². The minimum absolute atomic E-state index is 0.0830. The van der Waals surface area contributed by atoms with Crippen LogP contribution in [0.5, 0.6) is 0 Å². The molecule has 7 heteroatoms. The van der Waals surface area contributed by atoms with Crippen molar-refractivity contribution in [3.63, 3.8) is 0 Å². The molecule has 3 rings (SSSR count). The SMILES string of the molecule is CC1CCCN(C(N)=NCCN2C(=O)NC3(CCCC3)C2=O)C1. The van der Waals surface area contributed by atoms with Gasteiger partial charge in [-0.3, -0.25) is 14.7 Å². The van der Waals surface area contributed by atoms with E-state index in [1.807, 2.05) is 0 Å². The van der Waals surface area contributed by atoms with Gasteiger partial charge < -0.3 is 16.0 Å². The summed E-state index contributed by atoms with van der Waals surface area (Å²) in [6.07, 6.45) is 5.87. The molecule has 128 valence electrons. The Bertz CT molecular complexity index is 513. The summed E-state index contributed by atoms with van der Waals surface area (Å²) >= 11 is 0. The van der Waals surface area contributed by atoms with Gasteiger partial charge >= 0.3 is 6.03 Å². The summed E-state index contributed by atoms with van der Waals surface area (Å²) < 4.78 is 0. The predicted octanol–water partition coefficient (Wildman–Crippen LogP) is 0.898. The average Bonchev–Trinajstić information content (AvgIpc) is 3.08. The van der Waals surface area contributed by atoms with Gasteiger partial charge in [0.25, 0.3) is 5.91 Å². The van der Waals surface area contributed by atoms with E-state index in [0.29, 0.717) is 25.0 Å². The van der Waals surface area contributed by atoms with Gasteiger partial charge in [0.05, 0.1) is 13.1 Å². The minimum atomic E-state index is -0.630. The number of hydrogen-bond acceptors (Lipinski definition) is 3.